The number of rotatable bonds is 6. The topological polar surface area (TPSA) is 95.1 Å². The number of hydrogen-bond acceptors (Lipinski definition) is 3. The average molecular weight is 407 g/mol. The maximum atomic E-state index is 12.8. The van der Waals surface area contributed by atoms with Gasteiger partial charge in [0.15, 0.2) is 6.54 Å². The summed E-state index contributed by atoms with van der Waals surface area (Å²) >= 11 is 0. The van der Waals surface area contributed by atoms with E-state index < -0.39 is 11.6 Å². The summed E-state index contributed by atoms with van der Waals surface area (Å²) in [6.45, 7) is 0.0819. The molecule has 7 nitrogen and oxygen atoms in total. The monoisotopic (exact) mass is 407 g/mol. The Morgan fingerprint density at radius 2 is 1.53 bits per heavy atom. The fraction of sp³-hybridized carbons (Fsp3) is 0.348. The van der Waals surface area contributed by atoms with Gasteiger partial charge in [-0.3, -0.25) is 15.0 Å². The van der Waals surface area contributed by atoms with Crippen LogP contribution < -0.4 is 16.1 Å². The number of benzene rings is 2. The first-order valence-electron chi connectivity index (χ1n) is 10.5. The van der Waals surface area contributed by atoms with Crippen LogP contribution in [0, 0.1) is 0 Å². The number of carbonyl (C=O) groups excluding carboxylic acids is 3. The predicted molar refractivity (Wildman–Crippen MR) is 111 cm³/mol. The van der Waals surface area contributed by atoms with Gasteiger partial charge in [-0.2, -0.15) is 5.01 Å². The van der Waals surface area contributed by atoms with E-state index >= 15 is 0 Å². The van der Waals surface area contributed by atoms with Gasteiger partial charge in [-0.05, 0) is 12.8 Å². The van der Waals surface area contributed by atoms with Crippen LogP contribution >= 0.6 is 0 Å². The van der Waals surface area contributed by atoms with Crippen LogP contribution in [0.15, 0.2) is 60.7 Å². The third-order valence-electron chi connectivity index (χ3n) is 5.96. The van der Waals surface area contributed by atoms with Crippen LogP contribution in [0.1, 0.15) is 49.3 Å². The lowest BCUT2D eigenvalue weighted by Gasteiger charge is -2.30. The van der Waals surface area contributed by atoms with E-state index in [1.807, 2.05) is 66.0 Å². The molecule has 0 atom stereocenters. The molecule has 1 saturated carbocycles. The zero-order valence-electron chi connectivity index (χ0n) is 16.8. The molecule has 0 bridgehead atoms. The molecule has 0 radical (unpaired) electrons. The molecule has 1 spiro atoms. The number of nitrogens with two attached hydrogens (primary N) is 1. The lowest BCUT2D eigenvalue weighted by atomic mass is 9.82. The molecule has 156 valence electrons. The summed E-state index contributed by atoms with van der Waals surface area (Å²) in [7, 11) is 0. The van der Waals surface area contributed by atoms with Crippen LogP contribution in [0.25, 0.3) is 0 Å². The molecule has 2 fully saturated rings. The number of nitrogens with one attached hydrogen (secondary N) is 2. The Bertz CT molecular complexity index is 871. The quantitative estimate of drug-likeness (QED) is 0.635. The highest BCUT2D eigenvalue weighted by Gasteiger charge is 2.52. The Morgan fingerprint density at radius 1 is 0.967 bits per heavy atom. The van der Waals surface area contributed by atoms with Crippen molar-refractivity contribution in [3.63, 3.8) is 0 Å². The van der Waals surface area contributed by atoms with Gasteiger partial charge in [-0.15, -0.1) is 0 Å². The van der Waals surface area contributed by atoms with Gasteiger partial charge >= 0.3 is 6.03 Å². The first-order valence-corrected chi connectivity index (χ1v) is 10.5. The normalized spacial score (nSPS) is 18.0. The molecule has 30 heavy (non-hydrogen) atoms. The number of imide groups is 1. The number of amides is 4. The average Bonchev–Trinajstić information content (AvgIpc) is 2.99. The van der Waals surface area contributed by atoms with Crippen molar-refractivity contribution >= 4 is 17.8 Å². The second-order valence-electron chi connectivity index (χ2n) is 7.99. The van der Waals surface area contributed by atoms with E-state index in [-0.39, 0.29) is 24.4 Å². The number of nitrogens with zero attached hydrogens (tertiary/aromatic N) is 1. The van der Waals surface area contributed by atoms with Gasteiger partial charge in [0.05, 0.1) is 0 Å². The van der Waals surface area contributed by atoms with E-state index in [9.17, 15) is 14.4 Å². The zero-order valence-corrected chi connectivity index (χ0v) is 16.8. The Hall–Kier alpha value is -3.19. The van der Waals surface area contributed by atoms with Crippen molar-refractivity contribution in [1.82, 2.24) is 15.8 Å². The minimum Gasteiger partial charge on any atom is -0.328 e. The van der Waals surface area contributed by atoms with Crippen molar-refractivity contribution in [3.05, 3.63) is 71.8 Å². The zero-order chi connectivity index (χ0) is 21.0. The summed E-state index contributed by atoms with van der Waals surface area (Å²) in [5, 5.41) is 5.58. The van der Waals surface area contributed by atoms with Gasteiger partial charge in [-0.25, -0.2) is 4.79 Å². The molecule has 1 heterocycles. The summed E-state index contributed by atoms with van der Waals surface area (Å²) < 4.78 is 0. The number of hydrogen-bond donors (Lipinski definition) is 3. The Balaban J connectivity index is 1.42. The summed E-state index contributed by atoms with van der Waals surface area (Å²) in [5.74, 6) is -0.730. The van der Waals surface area contributed by atoms with Crippen LogP contribution in [0.5, 0.6) is 0 Å². The molecule has 2 aromatic rings. The van der Waals surface area contributed by atoms with Gasteiger partial charge in [-0.1, -0.05) is 79.9 Å². The molecule has 1 aliphatic carbocycles. The van der Waals surface area contributed by atoms with Gasteiger partial charge in [0.1, 0.15) is 11.6 Å². The molecule has 1 saturated heterocycles. The molecule has 7 heteroatoms. The Labute approximate surface area is 175 Å². The molecule has 0 aromatic heterocycles. The van der Waals surface area contributed by atoms with E-state index in [1.165, 1.54) is 0 Å². The predicted octanol–water partition coefficient (Wildman–Crippen LogP) is 1.63. The van der Waals surface area contributed by atoms with Crippen molar-refractivity contribution in [2.24, 2.45) is 0 Å². The van der Waals surface area contributed by atoms with Gasteiger partial charge < -0.3 is 10.6 Å². The second-order valence-corrected chi connectivity index (χ2v) is 7.99. The fourth-order valence-electron chi connectivity index (χ4n) is 4.40. The van der Waals surface area contributed by atoms with Crippen LogP contribution in [0.2, 0.25) is 0 Å². The van der Waals surface area contributed by atoms with Crippen molar-refractivity contribution in [2.75, 3.05) is 6.54 Å². The first kappa shape index (κ1) is 20.1. The first-order chi connectivity index (χ1) is 14.6. The van der Waals surface area contributed by atoms with Crippen molar-refractivity contribution in [3.8, 4) is 0 Å². The standard InChI is InChI=1S/C23H26N4O3/c28-19(26-27-21(29)23(25-22(27)30)14-8-3-9-15-23)16-24-20(17-10-4-1-5-11-17)18-12-6-2-7-13-18/h1-2,4-7,10-13,20,24H,3,8-9,14-16H2,(H,25,30)(H,26,28)/p+1. The summed E-state index contributed by atoms with van der Waals surface area (Å²) in [5.41, 5.74) is 3.82. The second kappa shape index (κ2) is 8.67. The maximum absolute atomic E-state index is 12.8. The summed E-state index contributed by atoms with van der Waals surface area (Å²) in [6.07, 6.45) is 4.11. The van der Waals surface area contributed by atoms with Crippen LogP contribution in [0.3, 0.4) is 0 Å². The van der Waals surface area contributed by atoms with Crippen LogP contribution in [-0.2, 0) is 9.59 Å². The van der Waals surface area contributed by atoms with E-state index in [4.69, 9.17) is 0 Å². The van der Waals surface area contributed by atoms with Crippen molar-refractivity contribution < 1.29 is 19.7 Å². The van der Waals surface area contributed by atoms with Gasteiger partial charge in [0, 0.05) is 11.1 Å². The summed E-state index contributed by atoms with van der Waals surface area (Å²) in [4.78, 5) is 37.8. The van der Waals surface area contributed by atoms with Crippen molar-refractivity contribution in [1.29, 1.82) is 0 Å². The summed E-state index contributed by atoms with van der Waals surface area (Å²) in [6, 6.07) is 19.3. The highest BCUT2D eigenvalue weighted by atomic mass is 16.2. The largest absolute Gasteiger partial charge is 0.344 e. The van der Waals surface area contributed by atoms with Crippen molar-refractivity contribution in [2.45, 2.75) is 43.7 Å². The number of urea groups is 1. The highest BCUT2D eigenvalue weighted by Crippen LogP contribution is 2.32. The van der Waals surface area contributed by atoms with Gasteiger partial charge in [0.2, 0.25) is 0 Å². The Kier molecular flexibility index (Phi) is 5.81. The SMILES string of the molecule is O=C(C[NH2+]C(c1ccccc1)c1ccccc1)NN1C(=O)NC2(CCCCC2)C1=O. The van der Waals surface area contributed by atoms with E-state index in [0.29, 0.717) is 12.8 Å². The molecule has 2 aliphatic rings. The minimum atomic E-state index is -0.844. The third-order valence-corrected chi connectivity index (χ3v) is 5.96. The minimum absolute atomic E-state index is 0.0639. The molecule has 0 unspecified atom stereocenters. The van der Waals surface area contributed by atoms with Gasteiger partial charge in [0.25, 0.3) is 11.8 Å². The maximum Gasteiger partial charge on any atom is 0.344 e. The molecule has 2 aromatic carbocycles. The molecule has 1 aliphatic heterocycles. The molecule has 4 rings (SSSR count). The lowest BCUT2D eigenvalue weighted by molar-refractivity contribution is -0.676. The van der Waals surface area contributed by atoms with E-state index in [2.05, 4.69) is 10.7 Å². The fourth-order valence-corrected chi connectivity index (χ4v) is 4.40. The highest BCUT2D eigenvalue weighted by molar-refractivity contribution is 6.08. The van der Waals surface area contributed by atoms with Crippen LogP contribution in [0.4, 0.5) is 4.79 Å². The molecule has 4 N–H and O–H groups in total. The van der Waals surface area contributed by atoms with Crippen LogP contribution in [-0.4, -0.2) is 34.9 Å². The smallest absolute Gasteiger partial charge is 0.328 e. The third kappa shape index (κ3) is 4.07. The lowest BCUT2D eigenvalue weighted by Crippen LogP contribution is -2.88. The molecular formula is C23H27N4O3+. The number of carbonyl (C=O) groups is 3. The molecule has 4 amide bonds. The number of hydrazine groups is 1. The van der Waals surface area contributed by atoms with E-state index in [0.717, 1.165) is 35.4 Å². The van der Waals surface area contributed by atoms with E-state index in [1.54, 1.807) is 0 Å². The molecular weight excluding hydrogens is 380 g/mol. The number of quaternary nitrogens is 1. The Morgan fingerprint density at radius 3 is 2.10 bits per heavy atom.